The molecule has 138 valence electrons. The van der Waals surface area contributed by atoms with Crippen molar-refractivity contribution >= 4 is 32.5 Å². The van der Waals surface area contributed by atoms with E-state index in [1.807, 2.05) is 20.8 Å². The van der Waals surface area contributed by atoms with Crippen molar-refractivity contribution in [3.63, 3.8) is 0 Å². The zero-order valence-corrected chi connectivity index (χ0v) is 16.3. The van der Waals surface area contributed by atoms with Gasteiger partial charge in [0, 0.05) is 19.1 Å². The molecule has 0 bridgehead atoms. The molecule has 0 radical (unpaired) electrons. The van der Waals surface area contributed by atoms with Gasteiger partial charge in [-0.25, -0.2) is 13.4 Å². The quantitative estimate of drug-likeness (QED) is 0.803. The van der Waals surface area contributed by atoms with Crippen LogP contribution < -0.4 is 0 Å². The molecule has 25 heavy (non-hydrogen) atoms. The molecule has 6 nitrogen and oxygen atoms in total. The Labute approximate surface area is 152 Å². The van der Waals surface area contributed by atoms with E-state index in [1.54, 1.807) is 12.1 Å². The number of aromatic nitrogens is 1. The zero-order chi connectivity index (χ0) is 18.4. The molecule has 0 amide bonds. The Bertz CT molecular complexity index is 884. The van der Waals surface area contributed by atoms with E-state index >= 15 is 0 Å². The minimum absolute atomic E-state index is 0.0105. The van der Waals surface area contributed by atoms with Gasteiger partial charge in [-0.15, -0.1) is 0 Å². The highest BCUT2D eigenvalue weighted by molar-refractivity contribution is 7.92. The van der Waals surface area contributed by atoms with Gasteiger partial charge in [0.05, 0.1) is 23.0 Å². The molecule has 1 aromatic heterocycles. The lowest BCUT2D eigenvalue weighted by molar-refractivity contribution is -0.0263. The van der Waals surface area contributed by atoms with Crippen LogP contribution in [0, 0.1) is 0 Å². The fourth-order valence-corrected chi connectivity index (χ4v) is 5.46. The van der Waals surface area contributed by atoms with Gasteiger partial charge in [-0.3, -0.25) is 0 Å². The van der Waals surface area contributed by atoms with Crippen molar-refractivity contribution in [3.05, 3.63) is 23.0 Å². The summed E-state index contributed by atoms with van der Waals surface area (Å²) in [5.41, 5.74) is 0.341. The molecule has 2 aromatic rings. The van der Waals surface area contributed by atoms with Crippen molar-refractivity contribution < 1.29 is 22.3 Å². The number of rotatable bonds is 3. The van der Waals surface area contributed by atoms with Crippen LogP contribution in [-0.4, -0.2) is 45.1 Å². The molecule has 1 fully saturated rings. The lowest BCUT2D eigenvalue weighted by Crippen LogP contribution is -2.43. The van der Waals surface area contributed by atoms with Gasteiger partial charge >= 0.3 is 0 Å². The van der Waals surface area contributed by atoms with Gasteiger partial charge in [-0.1, -0.05) is 32.4 Å². The maximum atomic E-state index is 13.3. The summed E-state index contributed by atoms with van der Waals surface area (Å²) >= 11 is 6.28. The Morgan fingerprint density at radius 2 is 2.04 bits per heavy atom. The first kappa shape index (κ1) is 18.6. The van der Waals surface area contributed by atoms with Crippen LogP contribution in [0.1, 0.15) is 33.1 Å². The average Bonchev–Trinajstić information content (AvgIpc) is 2.98. The maximum absolute atomic E-state index is 13.3. The standard InChI is InChI=1S/C17H22ClNO5S/c1-17(2,3)16-19-11-6-5-10(18)15(14(11)24-16)25(20,21)13-7-8-23-9-12(13)22-4/h5-6,12-13H,7-9H2,1-4H3/t12-,13-/m0/s1. The van der Waals surface area contributed by atoms with E-state index in [-0.39, 0.29) is 27.5 Å². The molecular weight excluding hydrogens is 366 g/mol. The predicted molar refractivity (Wildman–Crippen MR) is 94.9 cm³/mol. The lowest BCUT2D eigenvalue weighted by atomic mass is 9.97. The van der Waals surface area contributed by atoms with Crippen molar-refractivity contribution in [2.45, 2.75) is 48.9 Å². The van der Waals surface area contributed by atoms with Crippen molar-refractivity contribution in [3.8, 4) is 0 Å². The molecule has 2 atom stereocenters. The summed E-state index contributed by atoms with van der Waals surface area (Å²) < 4.78 is 43.2. The van der Waals surface area contributed by atoms with E-state index in [0.717, 1.165) is 0 Å². The number of methoxy groups -OCH3 is 1. The van der Waals surface area contributed by atoms with E-state index in [1.165, 1.54) is 7.11 Å². The maximum Gasteiger partial charge on any atom is 0.200 e. The third-order valence-corrected chi connectivity index (χ3v) is 7.07. The van der Waals surface area contributed by atoms with Crippen LogP contribution in [0.5, 0.6) is 0 Å². The van der Waals surface area contributed by atoms with Gasteiger partial charge in [-0.2, -0.15) is 0 Å². The predicted octanol–water partition coefficient (Wildman–Crippen LogP) is 3.36. The number of nitrogens with zero attached hydrogens (tertiary/aromatic N) is 1. The van der Waals surface area contributed by atoms with Crippen molar-refractivity contribution in [2.75, 3.05) is 20.3 Å². The second kappa shape index (κ2) is 6.54. The third-order valence-electron chi connectivity index (χ3n) is 4.33. The fraction of sp³-hybridized carbons (Fsp3) is 0.588. The van der Waals surface area contributed by atoms with Crippen molar-refractivity contribution in [1.82, 2.24) is 4.98 Å². The smallest absolute Gasteiger partial charge is 0.200 e. The summed E-state index contributed by atoms with van der Waals surface area (Å²) in [5, 5.41) is -0.608. The number of fused-ring (bicyclic) bond motifs is 1. The number of ether oxygens (including phenoxy) is 2. The molecule has 1 aliphatic rings. The monoisotopic (exact) mass is 387 g/mol. The number of hydrogen-bond donors (Lipinski definition) is 0. The molecule has 1 saturated heterocycles. The van der Waals surface area contributed by atoms with Gasteiger partial charge in [-0.05, 0) is 18.6 Å². The Hall–Kier alpha value is -1.15. The van der Waals surface area contributed by atoms with E-state index in [2.05, 4.69) is 4.98 Å². The summed E-state index contributed by atoms with van der Waals surface area (Å²) in [7, 11) is -2.30. The topological polar surface area (TPSA) is 78.6 Å². The van der Waals surface area contributed by atoms with E-state index in [4.69, 9.17) is 25.5 Å². The summed E-state index contributed by atoms with van der Waals surface area (Å²) in [6.45, 7) is 6.45. The number of hydrogen-bond acceptors (Lipinski definition) is 6. The Kier molecular flexibility index (Phi) is 4.87. The number of oxazole rings is 1. The van der Waals surface area contributed by atoms with Gasteiger partial charge in [0.2, 0.25) is 5.89 Å². The first-order chi connectivity index (χ1) is 11.7. The summed E-state index contributed by atoms with van der Waals surface area (Å²) in [6, 6.07) is 3.22. The number of sulfone groups is 1. The van der Waals surface area contributed by atoms with Crippen LogP contribution in [0.15, 0.2) is 21.4 Å². The minimum atomic E-state index is -3.78. The van der Waals surface area contributed by atoms with E-state index in [0.29, 0.717) is 24.4 Å². The van der Waals surface area contributed by atoms with Gasteiger partial charge < -0.3 is 13.9 Å². The summed E-state index contributed by atoms with van der Waals surface area (Å²) in [6.07, 6.45) is -0.205. The van der Waals surface area contributed by atoms with E-state index in [9.17, 15) is 8.42 Å². The number of halogens is 1. The molecule has 3 rings (SSSR count). The van der Waals surface area contributed by atoms with Gasteiger partial charge in [0.15, 0.2) is 15.4 Å². The highest BCUT2D eigenvalue weighted by atomic mass is 35.5. The third kappa shape index (κ3) is 3.30. The molecule has 2 heterocycles. The highest BCUT2D eigenvalue weighted by Gasteiger charge is 2.40. The fourth-order valence-electron chi connectivity index (χ4n) is 2.95. The van der Waals surface area contributed by atoms with Gasteiger partial charge in [0.25, 0.3) is 0 Å². The van der Waals surface area contributed by atoms with Crippen LogP contribution in [-0.2, 0) is 24.7 Å². The van der Waals surface area contributed by atoms with Crippen LogP contribution in [0.2, 0.25) is 5.02 Å². The molecule has 8 heteroatoms. The second-order valence-electron chi connectivity index (χ2n) is 7.21. The SMILES string of the molecule is CO[C@H]1COCC[C@@H]1S(=O)(=O)c1c(Cl)ccc2nc(C(C)(C)C)oc12. The first-order valence-electron chi connectivity index (χ1n) is 8.10. The molecule has 0 N–H and O–H groups in total. The Morgan fingerprint density at radius 3 is 2.68 bits per heavy atom. The zero-order valence-electron chi connectivity index (χ0n) is 14.7. The van der Waals surface area contributed by atoms with Crippen LogP contribution in [0.3, 0.4) is 0 Å². The van der Waals surface area contributed by atoms with Gasteiger partial charge in [0.1, 0.15) is 10.4 Å². The summed E-state index contributed by atoms with van der Waals surface area (Å²) in [4.78, 5) is 4.43. The molecule has 1 aromatic carbocycles. The van der Waals surface area contributed by atoms with Crippen molar-refractivity contribution in [2.24, 2.45) is 0 Å². The summed E-state index contributed by atoms with van der Waals surface area (Å²) in [5.74, 6) is 0.469. The van der Waals surface area contributed by atoms with Crippen LogP contribution in [0.4, 0.5) is 0 Å². The second-order valence-corrected chi connectivity index (χ2v) is 9.73. The largest absolute Gasteiger partial charge is 0.439 e. The molecular formula is C17H22ClNO5S. The van der Waals surface area contributed by atoms with Crippen LogP contribution in [0.25, 0.3) is 11.1 Å². The number of benzene rings is 1. The molecule has 1 aliphatic heterocycles. The van der Waals surface area contributed by atoms with Crippen molar-refractivity contribution in [1.29, 1.82) is 0 Å². The molecule has 0 aliphatic carbocycles. The first-order valence-corrected chi connectivity index (χ1v) is 10.0. The molecule has 0 unspecified atom stereocenters. The highest BCUT2D eigenvalue weighted by Crippen LogP contribution is 2.37. The minimum Gasteiger partial charge on any atom is -0.439 e. The van der Waals surface area contributed by atoms with Crippen LogP contribution >= 0.6 is 11.6 Å². The molecule has 0 spiro atoms. The molecule has 0 saturated carbocycles. The lowest BCUT2D eigenvalue weighted by Gasteiger charge is -2.30. The normalized spacial score (nSPS) is 22.4. The Balaban J connectivity index is 2.19. The average molecular weight is 388 g/mol. The van der Waals surface area contributed by atoms with E-state index < -0.39 is 21.2 Å². The Morgan fingerprint density at radius 1 is 1.32 bits per heavy atom.